The molecule has 3 rings (SSSR count). The minimum Gasteiger partial charge on any atom is -0.335 e. The van der Waals surface area contributed by atoms with Crippen LogP contribution in [0.25, 0.3) is 0 Å². The quantitative estimate of drug-likeness (QED) is 0.846. The van der Waals surface area contributed by atoms with Crippen molar-refractivity contribution in [3.63, 3.8) is 0 Å². The van der Waals surface area contributed by atoms with E-state index in [1.807, 2.05) is 6.20 Å². The van der Waals surface area contributed by atoms with Crippen molar-refractivity contribution >= 4 is 0 Å². The van der Waals surface area contributed by atoms with Crippen LogP contribution in [0.2, 0.25) is 0 Å². The highest BCUT2D eigenvalue weighted by molar-refractivity contribution is 5.19. The number of rotatable bonds is 7. The normalized spacial score (nSPS) is 17.9. The van der Waals surface area contributed by atoms with E-state index in [1.165, 1.54) is 38.0 Å². The SMILES string of the molecule is CCN1CCC(N[C@@H](CCn2ccnc2C)c2ccccc2)CC1. The van der Waals surface area contributed by atoms with Crippen LogP contribution in [0, 0.1) is 6.92 Å². The summed E-state index contributed by atoms with van der Waals surface area (Å²) in [6.07, 6.45) is 7.57. The number of hydrogen-bond donors (Lipinski definition) is 1. The van der Waals surface area contributed by atoms with E-state index in [4.69, 9.17) is 0 Å². The van der Waals surface area contributed by atoms with Crippen LogP contribution in [-0.2, 0) is 6.54 Å². The molecule has 2 aromatic rings. The monoisotopic (exact) mass is 326 g/mol. The molecule has 4 nitrogen and oxygen atoms in total. The van der Waals surface area contributed by atoms with Crippen molar-refractivity contribution in [2.24, 2.45) is 0 Å². The lowest BCUT2D eigenvalue weighted by molar-refractivity contribution is 0.196. The lowest BCUT2D eigenvalue weighted by Crippen LogP contribution is -2.43. The molecule has 0 amide bonds. The van der Waals surface area contributed by atoms with Gasteiger partial charge in [0.1, 0.15) is 5.82 Å². The molecular weight excluding hydrogens is 296 g/mol. The zero-order valence-electron chi connectivity index (χ0n) is 15.0. The summed E-state index contributed by atoms with van der Waals surface area (Å²) >= 11 is 0. The second kappa shape index (κ2) is 8.45. The molecule has 1 atom stereocenters. The van der Waals surface area contributed by atoms with Crippen molar-refractivity contribution in [3.8, 4) is 0 Å². The van der Waals surface area contributed by atoms with Crippen LogP contribution in [0.15, 0.2) is 42.7 Å². The first-order valence-electron chi connectivity index (χ1n) is 9.27. The molecule has 2 heterocycles. The van der Waals surface area contributed by atoms with Gasteiger partial charge < -0.3 is 14.8 Å². The average molecular weight is 326 g/mol. The van der Waals surface area contributed by atoms with Crippen LogP contribution in [0.1, 0.15) is 43.6 Å². The number of imidazole rings is 1. The molecule has 0 radical (unpaired) electrons. The minimum atomic E-state index is 0.408. The Labute approximate surface area is 145 Å². The van der Waals surface area contributed by atoms with Gasteiger partial charge in [0.2, 0.25) is 0 Å². The van der Waals surface area contributed by atoms with Gasteiger partial charge in [-0.2, -0.15) is 0 Å². The molecule has 1 N–H and O–H groups in total. The maximum atomic E-state index is 4.34. The van der Waals surface area contributed by atoms with Crippen LogP contribution < -0.4 is 5.32 Å². The number of aryl methyl sites for hydroxylation is 2. The number of likely N-dealkylation sites (tertiary alicyclic amines) is 1. The molecule has 4 heteroatoms. The molecule has 0 unspecified atom stereocenters. The Morgan fingerprint density at radius 3 is 2.58 bits per heavy atom. The molecule has 1 aliphatic heterocycles. The molecule has 1 aromatic heterocycles. The lowest BCUT2D eigenvalue weighted by Gasteiger charge is -2.34. The Bertz CT molecular complexity index is 599. The first-order chi connectivity index (χ1) is 11.8. The van der Waals surface area contributed by atoms with Gasteiger partial charge in [0.15, 0.2) is 0 Å². The molecule has 0 spiro atoms. The molecule has 1 aliphatic rings. The summed E-state index contributed by atoms with van der Waals surface area (Å²) in [6, 6.07) is 11.9. The molecule has 0 saturated carbocycles. The van der Waals surface area contributed by atoms with Crippen molar-refractivity contribution in [2.75, 3.05) is 19.6 Å². The third-order valence-corrected chi connectivity index (χ3v) is 5.26. The standard InChI is InChI=1S/C20H30N4/c1-3-23-13-9-19(10-14-23)22-20(18-7-5-4-6-8-18)11-15-24-16-12-21-17(24)2/h4-8,12,16,19-20,22H,3,9-11,13-15H2,1-2H3/t20-/m0/s1. The van der Waals surface area contributed by atoms with Crippen molar-refractivity contribution in [2.45, 2.75) is 51.7 Å². The molecule has 0 bridgehead atoms. The third kappa shape index (κ3) is 4.46. The minimum absolute atomic E-state index is 0.408. The fourth-order valence-corrected chi connectivity index (χ4v) is 3.64. The fraction of sp³-hybridized carbons (Fsp3) is 0.550. The number of aromatic nitrogens is 2. The second-order valence-corrected chi connectivity index (χ2v) is 6.79. The highest BCUT2D eigenvalue weighted by Gasteiger charge is 2.21. The topological polar surface area (TPSA) is 33.1 Å². The fourth-order valence-electron chi connectivity index (χ4n) is 3.64. The van der Waals surface area contributed by atoms with Crippen LogP contribution >= 0.6 is 0 Å². The highest BCUT2D eigenvalue weighted by atomic mass is 15.1. The van der Waals surface area contributed by atoms with Gasteiger partial charge in [-0.25, -0.2) is 4.98 Å². The predicted octanol–water partition coefficient (Wildman–Crippen LogP) is 3.40. The van der Waals surface area contributed by atoms with Crippen LogP contribution in [-0.4, -0.2) is 40.1 Å². The molecule has 1 saturated heterocycles. The van der Waals surface area contributed by atoms with Crippen molar-refractivity contribution in [1.29, 1.82) is 0 Å². The lowest BCUT2D eigenvalue weighted by atomic mass is 9.99. The number of piperidine rings is 1. The number of hydrogen-bond acceptors (Lipinski definition) is 3. The van der Waals surface area contributed by atoms with E-state index in [2.05, 4.69) is 70.1 Å². The van der Waals surface area contributed by atoms with Crippen LogP contribution in [0.3, 0.4) is 0 Å². The molecule has 130 valence electrons. The van der Waals surface area contributed by atoms with Gasteiger partial charge in [0.05, 0.1) is 0 Å². The molecule has 24 heavy (non-hydrogen) atoms. The maximum absolute atomic E-state index is 4.34. The number of nitrogens with one attached hydrogen (secondary N) is 1. The van der Waals surface area contributed by atoms with E-state index in [0.717, 1.165) is 18.8 Å². The summed E-state index contributed by atoms with van der Waals surface area (Å²) in [6.45, 7) is 8.95. The van der Waals surface area contributed by atoms with Crippen LogP contribution in [0.4, 0.5) is 0 Å². The van der Waals surface area contributed by atoms with E-state index in [-0.39, 0.29) is 0 Å². The second-order valence-electron chi connectivity index (χ2n) is 6.79. The highest BCUT2D eigenvalue weighted by Crippen LogP contribution is 2.21. The molecule has 1 aromatic carbocycles. The zero-order valence-corrected chi connectivity index (χ0v) is 15.0. The van der Waals surface area contributed by atoms with Gasteiger partial charge >= 0.3 is 0 Å². The Hall–Kier alpha value is -1.65. The smallest absolute Gasteiger partial charge is 0.105 e. The van der Waals surface area contributed by atoms with E-state index in [1.54, 1.807) is 0 Å². The molecular formula is C20H30N4. The van der Waals surface area contributed by atoms with Crippen LogP contribution in [0.5, 0.6) is 0 Å². The van der Waals surface area contributed by atoms with Crippen molar-refractivity contribution in [3.05, 3.63) is 54.1 Å². The van der Waals surface area contributed by atoms with E-state index < -0.39 is 0 Å². The predicted molar refractivity (Wildman–Crippen MR) is 99.0 cm³/mol. The van der Waals surface area contributed by atoms with E-state index >= 15 is 0 Å². The van der Waals surface area contributed by atoms with Gasteiger partial charge in [-0.1, -0.05) is 37.3 Å². The zero-order chi connectivity index (χ0) is 16.8. The van der Waals surface area contributed by atoms with E-state index in [9.17, 15) is 0 Å². The summed E-state index contributed by atoms with van der Waals surface area (Å²) in [5, 5.41) is 3.94. The van der Waals surface area contributed by atoms with Gasteiger partial charge in [-0.15, -0.1) is 0 Å². The average Bonchev–Trinajstić information content (AvgIpc) is 3.05. The number of nitrogens with zero attached hydrogens (tertiary/aromatic N) is 3. The Kier molecular flexibility index (Phi) is 6.05. The van der Waals surface area contributed by atoms with Gasteiger partial charge in [0.25, 0.3) is 0 Å². The Morgan fingerprint density at radius 2 is 1.96 bits per heavy atom. The van der Waals surface area contributed by atoms with Gasteiger partial charge in [-0.3, -0.25) is 0 Å². The van der Waals surface area contributed by atoms with Crippen molar-refractivity contribution in [1.82, 2.24) is 19.8 Å². The maximum Gasteiger partial charge on any atom is 0.105 e. The van der Waals surface area contributed by atoms with Crippen molar-refractivity contribution < 1.29 is 0 Å². The largest absolute Gasteiger partial charge is 0.335 e. The summed E-state index contributed by atoms with van der Waals surface area (Å²) in [5.41, 5.74) is 1.40. The summed E-state index contributed by atoms with van der Waals surface area (Å²) in [4.78, 5) is 6.88. The Morgan fingerprint density at radius 1 is 1.21 bits per heavy atom. The summed E-state index contributed by atoms with van der Waals surface area (Å²) < 4.78 is 2.25. The first-order valence-corrected chi connectivity index (χ1v) is 9.27. The summed E-state index contributed by atoms with van der Waals surface area (Å²) in [7, 11) is 0. The van der Waals surface area contributed by atoms with Gasteiger partial charge in [-0.05, 0) is 51.4 Å². The molecule has 1 fully saturated rings. The summed E-state index contributed by atoms with van der Waals surface area (Å²) in [5.74, 6) is 1.10. The number of benzene rings is 1. The molecule has 0 aliphatic carbocycles. The Balaban J connectivity index is 1.63. The van der Waals surface area contributed by atoms with Gasteiger partial charge in [0, 0.05) is 31.0 Å². The van der Waals surface area contributed by atoms with E-state index in [0.29, 0.717) is 12.1 Å². The first kappa shape index (κ1) is 17.2. The third-order valence-electron chi connectivity index (χ3n) is 5.26.